The van der Waals surface area contributed by atoms with Crippen molar-refractivity contribution in [2.45, 2.75) is 29.9 Å². The smallest absolute Gasteiger partial charge is 0.251 e. The number of nitrogens with zero attached hydrogens (tertiary/aromatic N) is 3. The molecule has 0 saturated heterocycles. The van der Waals surface area contributed by atoms with E-state index in [1.165, 1.54) is 24.0 Å². The average Bonchev–Trinajstić information content (AvgIpc) is 2.41. The van der Waals surface area contributed by atoms with Crippen molar-refractivity contribution in [3.63, 3.8) is 0 Å². The normalized spacial score (nSPS) is 10.6. The average molecular weight is 312 g/mol. The highest BCUT2D eigenvalue weighted by atomic mass is 35.5. The van der Waals surface area contributed by atoms with Gasteiger partial charge in [0, 0.05) is 18.8 Å². The van der Waals surface area contributed by atoms with Crippen molar-refractivity contribution in [2.24, 2.45) is 0 Å². The predicted octanol–water partition coefficient (Wildman–Crippen LogP) is 2.36. The monoisotopic (exact) mass is 311 g/mol. The first-order valence-corrected chi connectivity index (χ1v) is 7.30. The molecule has 0 aliphatic heterocycles. The first kappa shape index (κ1) is 14.8. The van der Waals surface area contributed by atoms with Crippen LogP contribution in [0, 0.1) is 0 Å². The minimum atomic E-state index is -0.176. The van der Waals surface area contributed by atoms with Crippen LogP contribution in [0.15, 0.2) is 27.2 Å². The maximum absolute atomic E-state index is 11.6. The Kier molecular flexibility index (Phi) is 4.97. The number of H-pyrrole nitrogens is 1. The lowest BCUT2D eigenvalue weighted by atomic mass is 10.2. The Labute approximate surface area is 125 Å². The van der Waals surface area contributed by atoms with Crippen LogP contribution in [-0.2, 0) is 6.42 Å². The highest BCUT2D eigenvalue weighted by molar-refractivity contribution is 7.99. The quantitative estimate of drug-likeness (QED) is 0.651. The summed E-state index contributed by atoms with van der Waals surface area (Å²) in [5.74, 6) is 0.462. The van der Waals surface area contributed by atoms with E-state index in [1.54, 1.807) is 7.05 Å². The molecule has 2 aromatic rings. The lowest BCUT2D eigenvalue weighted by molar-refractivity contribution is 0.815. The second kappa shape index (κ2) is 6.71. The van der Waals surface area contributed by atoms with Gasteiger partial charge in [-0.15, -0.1) is 0 Å². The highest BCUT2D eigenvalue weighted by Gasteiger charge is 2.09. The molecule has 0 amide bonds. The summed E-state index contributed by atoms with van der Waals surface area (Å²) in [6.45, 7) is 2.04. The topological polar surface area (TPSA) is 83.6 Å². The number of anilines is 1. The molecule has 0 unspecified atom stereocenters. The summed E-state index contributed by atoms with van der Waals surface area (Å²) in [5.41, 5.74) is 0.586. The van der Waals surface area contributed by atoms with E-state index >= 15 is 0 Å². The maximum Gasteiger partial charge on any atom is 0.251 e. The number of halogens is 1. The summed E-state index contributed by atoms with van der Waals surface area (Å²) in [5, 5.41) is 4.27. The molecule has 0 fully saturated rings. The summed E-state index contributed by atoms with van der Waals surface area (Å²) >= 11 is 7.26. The zero-order chi connectivity index (χ0) is 14.5. The van der Waals surface area contributed by atoms with Crippen LogP contribution in [0.5, 0.6) is 0 Å². The third kappa shape index (κ3) is 3.71. The van der Waals surface area contributed by atoms with Crippen molar-refractivity contribution >= 4 is 29.3 Å². The van der Waals surface area contributed by atoms with Crippen molar-refractivity contribution in [2.75, 3.05) is 12.4 Å². The number of nitrogens with one attached hydrogen (secondary N) is 2. The fourth-order valence-corrected chi connectivity index (χ4v) is 2.54. The van der Waals surface area contributed by atoms with Gasteiger partial charge in [-0.05, 0) is 18.2 Å². The highest BCUT2D eigenvalue weighted by Crippen LogP contribution is 2.29. The fourth-order valence-electron chi connectivity index (χ4n) is 1.55. The summed E-state index contributed by atoms with van der Waals surface area (Å²) in [6.07, 6.45) is 3.20. The van der Waals surface area contributed by atoms with Crippen LogP contribution < -0.4 is 10.9 Å². The zero-order valence-electron chi connectivity index (χ0n) is 11.1. The molecule has 8 heteroatoms. The van der Waals surface area contributed by atoms with Gasteiger partial charge >= 0.3 is 0 Å². The molecule has 0 aliphatic rings. The molecule has 0 saturated carbocycles. The van der Waals surface area contributed by atoms with Gasteiger partial charge in [0.25, 0.3) is 5.56 Å². The molecular formula is C12H14ClN5OS. The van der Waals surface area contributed by atoms with Crippen LogP contribution in [-0.4, -0.2) is 27.0 Å². The van der Waals surface area contributed by atoms with Crippen molar-refractivity contribution < 1.29 is 0 Å². The Morgan fingerprint density at radius 1 is 1.45 bits per heavy atom. The molecule has 106 valence electrons. The number of hydrogen-bond donors (Lipinski definition) is 2. The SMILES string of the molecule is CCCc1cc(=O)[nH]c(Sc2nc(NC)ncc2Cl)n1. The van der Waals surface area contributed by atoms with E-state index in [4.69, 9.17) is 11.6 Å². The largest absolute Gasteiger partial charge is 0.357 e. The van der Waals surface area contributed by atoms with Gasteiger partial charge in [0.1, 0.15) is 5.03 Å². The van der Waals surface area contributed by atoms with Crippen LogP contribution in [0.2, 0.25) is 5.02 Å². The van der Waals surface area contributed by atoms with Crippen molar-refractivity contribution in [3.8, 4) is 0 Å². The Balaban J connectivity index is 2.31. The van der Waals surface area contributed by atoms with Gasteiger partial charge < -0.3 is 10.3 Å². The molecule has 2 N–H and O–H groups in total. The van der Waals surface area contributed by atoms with E-state index in [9.17, 15) is 4.79 Å². The lowest BCUT2D eigenvalue weighted by Crippen LogP contribution is -2.10. The van der Waals surface area contributed by atoms with Gasteiger partial charge in [-0.1, -0.05) is 24.9 Å². The van der Waals surface area contributed by atoms with Gasteiger partial charge in [-0.2, -0.15) is 0 Å². The molecule has 2 aromatic heterocycles. The summed E-state index contributed by atoms with van der Waals surface area (Å²) in [6, 6.07) is 1.51. The molecule has 0 aliphatic carbocycles. The Bertz CT molecular complexity index is 661. The third-order valence-electron chi connectivity index (χ3n) is 2.41. The van der Waals surface area contributed by atoms with Crippen molar-refractivity contribution in [1.29, 1.82) is 0 Å². The summed E-state index contributed by atoms with van der Waals surface area (Å²) < 4.78 is 0. The van der Waals surface area contributed by atoms with Crippen LogP contribution in [0.3, 0.4) is 0 Å². The molecule has 2 rings (SSSR count). The van der Waals surface area contributed by atoms with Gasteiger partial charge in [0.2, 0.25) is 5.95 Å². The third-order valence-corrected chi connectivity index (χ3v) is 3.69. The molecule has 0 aromatic carbocycles. The second-order valence-corrected chi connectivity index (χ2v) is 5.38. The maximum atomic E-state index is 11.6. The van der Waals surface area contributed by atoms with E-state index in [0.29, 0.717) is 21.2 Å². The van der Waals surface area contributed by atoms with Crippen LogP contribution in [0.1, 0.15) is 19.0 Å². The van der Waals surface area contributed by atoms with E-state index in [2.05, 4.69) is 25.3 Å². The van der Waals surface area contributed by atoms with E-state index in [-0.39, 0.29) is 5.56 Å². The fraction of sp³-hybridized carbons (Fsp3) is 0.333. The van der Waals surface area contributed by atoms with E-state index < -0.39 is 0 Å². The summed E-state index contributed by atoms with van der Waals surface area (Å²) in [4.78, 5) is 26.9. The Morgan fingerprint density at radius 3 is 2.95 bits per heavy atom. The van der Waals surface area contributed by atoms with Crippen molar-refractivity contribution in [3.05, 3.63) is 33.3 Å². The van der Waals surface area contributed by atoms with Gasteiger partial charge in [0.05, 0.1) is 11.2 Å². The number of rotatable bonds is 5. The molecule has 0 spiro atoms. The van der Waals surface area contributed by atoms with Crippen LogP contribution in [0.25, 0.3) is 0 Å². The van der Waals surface area contributed by atoms with Gasteiger partial charge in [0.15, 0.2) is 5.16 Å². The first-order valence-electron chi connectivity index (χ1n) is 6.10. The number of hydrogen-bond acceptors (Lipinski definition) is 6. The lowest BCUT2D eigenvalue weighted by Gasteiger charge is -2.05. The molecule has 0 bridgehead atoms. The predicted molar refractivity (Wildman–Crippen MR) is 79.6 cm³/mol. The second-order valence-electron chi connectivity index (χ2n) is 3.99. The van der Waals surface area contributed by atoms with Crippen molar-refractivity contribution in [1.82, 2.24) is 19.9 Å². The van der Waals surface area contributed by atoms with E-state index in [0.717, 1.165) is 18.5 Å². The molecule has 6 nitrogen and oxygen atoms in total. The molecular weight excluding hydrogens is 298 g/mol. The van der Waals surface area contributed by atoms with Crippen LogP contribution in [0.4, 0.5) is 5.95 Å². The number of aryl methyl sites for hydroxylation is 1. The first-order chi connectivity index (χ1) is 9.62. The van der Waals surface area contributed by atoms with Gasteiger partial charge in [-0.25, -0.2) is 15.0 Å². The minimum absolute atomic E-state index is 0.176. The Morgan fingerprint density at radius 2 is 2.25 bits per heavy atom. The van der Waals surface area contributed by atoms with E-state index in [1.807, 2.05) is 6.92 Å². The minimum Gasteiger partial charge on any atom is -0.357 e. The number of aromatic amines is 1. The number of aromatic nitrogens is 4. The molecule has 20 heavy (non-hydrogen) atoms. The summed E-state index contributed by atoms with van der Waals surface area (Å²) in [7, 11) is 1.72. The van der Waals surface area contributed by atoms with Gasteiger partial charge in [-0.3, -0.25) is 4.79 Å². The standard InChI is InChI=1S/C12H14ClN5OS/c1-3-4-7-5-9(19)17-12(16-7)20-10-8(13)6-15-11(14-2)18-10/h5-6H,3-4H2,1-2H3,(H,14,15,18)(H,16,17,19). The zero-order valence-corrected chi connectivity index (χ0v) is 12.7. The molecule has 2 heterocycles. The molecule has 0 radical (unpaired) electrons. The Hall–Kier alpha value is -1.60. The molecule has 0 atom stereocenters. The van der Waals surface area contributed by atoms with Crippen LogP contribution >= 0.6 is 23.4 Å².